The largest absolute Gasteiger partial charge is 0.493 e. The average molecular weight is 341 g/mol. The first-order valence-corrected chi connectivity index (χ1v) is 8.62. The van der Waals surface area contributed by atoms with Crippen LogP contribution in [0, 0.1) is 0 Å². The first-order chi connectivity index (χ1) is 12.3. The van der Waals surface area contributed by atoms with E-state index in [4.69, 9.17) is 18.9 Å². The molecule has 0 radical (unpaired) electrons. The molecule has 1 atom stereocenters. The van der Waals surface area contributed by atoms with Crippen LogP contribution in [0.1, 0.15) is 23.1 Å². The lowest BCUT2D eigenvalue weighted by atomic mass is 9.99. The molecule has 0 bridgehead atoms. The fourth-order valence-corrected chi connectivity index (χ4v) is 3.57. The van der Waals surface area contributed by atoms with Gasteiger partial charge in [-0.25, -0.2) is 0 Å². The van der Waals surface area contributed by atoms with Crippen molar-refractivity contribution in [1.29, 1.82) is 0 Å². The SMILES string of the molecule is COc1cc2c(cc1OC)CNC(Cc1ccc3c(c1)OCO3)CC2. The molecule has 2 heterocycles. The topological polar surface area (TPSA) is 49.0 Å². The predicted molar refractivity (Wildman–Crippen MR) is 94.8 cm³/mol. The van der Waals surface area contributed by atoms with Crippen LogP contribution < -0.4 is 24.3 Å². The quantitative estimate of drug-likeness (QED) is 0.926. The molecule has 5 heteroatoms. The number of methoxy groups -OCH3 is 2. The van der Waals surface area contributed by atoms with Crippen LogP contribution in [0.25, 0.3) is 0 Å². The van der Waals surface area contributed by atoms with Crippen LogP contribution in [0.5, 0.6) is 23.0 Å². The minimum Gasteiger partial charge on any atom is -0.493 e. The zero-order valence-electron chi connectivity index (χ0n) is 14.6. The maximum atomic E-state index is 5.48. The second-order valence-electron chi connectivity index (χ2n) is 6.48. The van der Waals surface area contributed by atoms with Gasteiger partial charge in [-0.3, -0.25) is 0 Å². The Morgan fingerprint density at radius 3 is 2.56 bits per heavy atom. The first kappa shape index (κ1) is 16.1. The number of benzene rings is 2. The lowest BCUT2D eigenvalue weighted by Crippen LogP contribution is -2.29. The molecule has 0 aliphatic carbocycles. The van der Waals surface area contributed by atoms with Crippen molar-refractivity contribution in [2.75, 3.05) is 21.0 Å². The second-order valence-corrected chi connectivity index (χ2v) is 6.48. The summed E-state index contributed by atoms with van der Waals surface area (Å²) in [5.41, 5.74) is 3.88. The molecular weight excluding hydrogens is 318 g/mol. The molecule has 0 amide bonds. The monoisotopic (exact) mass is 341 g/mol. The molecule has 4 rings (SSSR count). The van der Waals surface area contributed by atoms with Gasteiger partial charge in [0.05, 0.1) is 14.2 Å². The van der Waals surface area contributed by atoms with Crippen molar-refractivity contribution in [3.8, 4) is 23.0 Å². The van der Waals surface area contributed by atoms with Gasteiger partial charge in [0.15, 0.2) is 23.0 Å². The zero-order valence-corrected chi connectivity index (χ0v) is 14.6. The van der Waals surface area contributed by atoms with Gasteiger partial charge in [0.25, 0.3) is 0 Å². The fourth-order valence-electron chi connectivity index (χ4n) is 3.57. The lowest BCUT2D eigenvalue weighted by Gasteiger charge is -2.16. The Morgan fingerprint density at radius 1 is 1.00 bits per heavy atom. The number of fused-ring (bicyclic) bond motifs is 2. The van der Waals surface area contributed by atoms with Crippen molar-refractivity contribution in [2.45, 2.75) is 31.8 Å². The van der Waals surface area contributed by atoms with E-state index in [9.17, 15) is 0 Å². The third-order valence-corrected chi connectivity index (χ3v) is 4.97. The van der Waals surface area contributed by atoms with E-state index in [-0.39, 0.29) is 0 Å². The predicted octanol–water partition coefficient (Wildman–Crippen LogP) is 3.08. The van der Waals surface area contributed by atoms with Crippen molar-refractivity contribution in [3.05, 3.63) is 47.0 Å². The lowest BCUT2D eigenvalue weighted by molar-refractivity contribution is 0.174. The molecule has 0 fully saturated rings. The number of hydrogen-bond donors (Lipinski definition) is 1. The summed E-state index contributed by atoms with van der Waals surface area (Å²) in [6.07, 6.45) is 3.08. The van der Waals surface area contributed by atoms with E-state index in [1.165, 1.54) is 16.7 Å². The van der Waals surface area contributed by atoms with E-state index >= 15 is 0 Å². The summed E-state index contributed by atoms with van der Waals surface area (Å²) >= 11 is 0. The summed E-state index contributed by atoms with van der Waals surface area (Å²) in [4.78, 5) is 0. The van der Waals surface area contributed by atoms with Crippen LogP contribution in [-0.4, -0.2) is 27.1 Å². The standard InChI is InChI=1S/C20H23NO4/c1-22-18-9-14-4-5-16(21-11-15(14)10-19(18)23-2)7-13-3-6-17-20(8-13)25-12-24-17/h3,6,8-10,16,21H,4-5,7,11-12H2,1-2H3. The highest BCUT2D eigenvalue weighted by atomic mass is 16.7. The van der Waals surface area contributed by atoms with Crippen LogP contribution in [0.15, 0.2) is 30.3 Å². The molecule has 25 heavy (non-hydrogen) atoms. The number of hydrogen-bond acceptors (Lipinski definition) is 5. The van der Waals surface area contributed by atoms with Gasteiger partial charge in [-0.15, -0.1) is 0 Å². The minimum atomic E-state index is 0.319. The molecule has 2 aliphatic rings. The van der Waals surface area contributed by atoms with Gasteiger partial charge < -0.3 is 24.3 Å². The molecule has 132 valence electrons. The summed E-state index contributed by atoms with van der Waals surface area (Å²) in [5.74, 6) is 3.28. The molecule has 0 spiro atoms. The maximum Gasteiger partial charge on any atom is 0.231 e. The maximum absolute atomic E-state index is 5.48. The van der Waals surface area contributed by atoms with Crippen molar-refractivity contribution in [3.63, 3.8) is 0 Å². The molecule has 2 aromatic rings. The van der Waals surface area contributed by atoms with Gasteiger partial charge in [-0.2, -0.15) is 0 Å². The fraction of sp³-hybridized carbons (Fsp3) is 0.400. The van der Waals surface area contributed by atoms with E-state index in [0.717, 1.165) is 48.8 Å². The molecule has 1 N–H and O–H groups in total. The molecule has 0 saturated heterocycles. The van der Waals surface area contributed by atoms with E-state index in [1.54, 1.807) is 14.2 Å². The Bertz CT molecular complexity index is 740. The van der Waals surface area contributed by atoms with Gasteiger partial charge in [-0.1, -0.05) is 6.07 Å². The molecule has 1 unspecified atom stereocenters. The van der Waals surface area contributed by atoms with Gasteiger partial charge in [0, 0.05) is 12.6 Å². The summed E-state index contributed by atoms with van der Waals surface area (Å²) in [6, 6.07) is 10.8. The van der Waals surface area contributed by atoms with E-state index in [2.05, 4.69) is 29.6 Å². The normalized spacial score (nSPS) is 18.4. The third-order valence-electron chi connectivity index (χ3n) is 4.97. The number of aryl methyl sites for hydroxylation is 1. The molecule has 0 aromatic heterocycles. The average Bonchev–Trinajstić information content (AvgIpc) is 3.02. The van der Waals surface area contributed by atoms with Crippen LogP contribution in [-0.2, 0) is 19.4 Å². The van der Waals surface area contributed by atoms with Crippen LogP contribution in [0.2, 0.25) is 0 Å². The number of nitrogens with one attached hydrogen (secondary N) is 1. The highest BCUT2D eigenvalue weighted by molar-refractivity contribution is 5.48. The third kappa shape index (κ3) is 3.24. The molecular formula is C20H23NO4. The minimum absolute atomic E-state index is 0.319. The zero-order chi connectivity index (χ0) is 17.2. The number of rotatable bonds is 4. The van der Waals surface area contributed by atoms with Crippen molar-refractivity contribution >= 4 is 0 Å². The first-order valence-electron chi connectivity index (χ1n) is 8.62. The summed E-state index contributed by atoms with van der Waals surface area (Å²) < 4.78 is 21.7. The molecule has 5 nitrogen and oxygen atoms in total. The molecule has 2 aliphatic heterocycles. The molecule has 0 saturated carbocycles. The molecule has 2 aromatic carbocycles. The number of ether oxygens (including phenoxy) is 4. The van der Waals surface area contributed by atoms with Gasteiger partial charge in [0.1, 0.15) is 0 Å². The Kier molecular flexibility index (Phi) is 4.40. The van der Waals surface area contributed by atoms with Crippen molar-refractivity contribution in [1.82, 2.24) is 5.32 Å². The Balaban J connectivity index is 1.48. The highest BCUT2D eigenvalue weighted by Crippen LogP contribution is 2.34. The summed E-state index contributed by atoms with van der Waals surface area (Å²) in [7, 11) is 3.36. The Hall–Kier alpha value is -2.40. The van der Waals surface area contributed by atoms with Crippen molar-refractivity contribution < 1.29 is 18.9 Å². The second kappa shape index (κ2) is 6.84. The highest BCUT2D eigenvalue weighted by Gasteiger charge is 2.20. The Morgan fingerprint density at radius 2 is 1.76 bits per heavy atom. The van der Waals surface area contributed by atoms with Gasteiger partial charge in [0.2, 0.25) is 6.79 Å². The van der Waals surface area contributed by atoms with Crippen LogP contribution in [0.4, 0.5) is 0 Å². The smallest absolute Gasteiger partial charge is 0.231 e. The van der Waals surface area contributed by atoms with E-state index in [1.807, 2.05) is 6.07 Å². The summed E-state index contributed by atoms with van der Waals surface area (Å²) in [6.45, 7) is 1.16. The van der Waals surface area contributed by atoms with Gasteiger partial charge >= 0.3 is 0 Å². The summed E-state index contributed by atoms with van der Waals surface area (Å²) in [5, 5.41) is 3.67. The van der Waals surface area contributed by atoms with Crippen LogP contribution in [0.3, 0.4) is 0 Å². The van der Waals surface area contributed by atoms with Gasteiger partial charge in [-0.05, 0) is 60.2 Å². The van der Waals surface area contributed by atoms with E-state index in [0.29, 0.717) is 12.8 Å². The Labute approximate surface area is 147 Å². The van der Waals surface area contributed by atoms with Crippen molar-refractivity contribution in [2.24, 2.45) is 0 Å². The van der Waals surface area contributed by atoms with E-state index < -0.39 is 0 Å². The van der Waals surface area contributed by atoms with Crippen LogP contribution >= 0.6 is 0 Å².